The van der Waals surface area contributed by atoms with Gasteiger partial charge in [-0.25, -0.2) is 4.98 Å². The molecule has 0 fully saturated rings. The molecular weight excluding hydrogens is 470 g/mol. The first-order valence-electron chi connectivity index (χ1n) is 10.4. The van der Waals surface area contributed by atoms with Crippen LogP contribution < -0.4 is 15.4 Å². The molecule has 168 valence electrons. The number of carbonyl (C=O) groups excluding carboxylic acids is 1. The van der Waals surface area contributed by atoms with Gasteiger partial charge in [0.1, 0.15) is 11.3 Å². The van der Waals surface area contributed by atoms with E-state index in [1.807, 2.05) is 48.5 Å². The Balaban J connectivity index is 1.35. The van der Waals surface area contributed by atoms with E-state index in [-0.39, 0.29) is 11.0 Å². The number of ether oxygens (including phenoxy) is 1. The molecule has 8 heteroatoms. The van der Waals surface area contributed by atoms with Crippen LogP contribution in [0.25, 0.3) is 33.3 Å². The maximum atomic E-state index is 12.4. The Morgan fingerprint density at radius 2 is 1.76 bits per heavy atom. The first-order chi connectivity index (χ1) is 16.5. The third kappa shape index (κ3) is 4.31. The molecule has 0 radical (unpaired) electrons. The summed E-state index contributed by atoms with van der Waals surface area (Å²) in [6.07, 6.45) is 0. The number of halogens is 1. The Morgan fingerprint density at radius 3 is 2.56 bits per heavy atom. The summed E-state index contributed by atoms with van der Waals surface area (Å²) in [6.45, 7) is 0. The molecule has 0 bridgehead atoms. The minimum atomic E-state index is -0.320. The Hall–Kier alpha value is -3.94. The zero-order valence-electron chi connectivity index (χ0n) is 18.0. The summed E-state index contributed by atoms with van der Waals surface area (Å²) >= 11 is 11.7. The van der Waals surface area contributed by atoms with Gasteiger partial charge in [-0.05, 0) is 72.2 Å². The molecule has 0 unspecified atom stereocenters. The van der Waals surface area contributed by atoms with Crippen molar-refractivity contribution in [2.45, 2.75) is 0 Å². The number of hydrogen-bond acceptors (Lipinski definition) is 5. The lowest BCUT2D eigenvalue weighted by Crippen LogP contribution is -2.34. The molecule has 4 aromatic carbocycles. The van der Waals surface area contributed by atoms with Crippen LogP contribution in [0.4, 0.5) is 5.69 Å². The molecule has 0 aliphatic carbocycles. The Kier molecular flexibility index (Phi) is 5.88. The van der Waals surface area contributed by atoms with Gasteiger partial charge in [0.15, 0.2) is 10.7 Å². The van der Waals surface area contributed by atoms with Crippen molar-refractivity contribution in [3.8, 4) is 17.2 Å². The lowest BCUT2D eigenvalue weighted by Gasteiger charge is -2.09. The summed E-state index contributed by atoms with van der Waals surface area (Å²) in [6, 6.07) is 23.8. The van der Waals surface area contributed by atoms with Gasteiger partial charge >= 0.3 is 0 Å². The van der Waals surface area contributed by atoms with E-state index in [1.54, 1.807) is 37.4 Å². The highest BCUT2D eigenvalue weighted by atomic mass is 35.5. The van der Waals surface area contributed by atoms with Gasteiger partial charge in [-0.3, -0.25) is 10.1 Å². The van der Waals surface area contributed by atoms with Gasteiger partial charge in [0, 0.05) is 27.2 Å². The molecule has 0 atom stereocenters. The van der Waals surface area contributed by atoms with E-state index in [0.717, 1.165) is 16.3 Å². The van der Waals surface area contributed by atoms with E-state index in [0.29, 0.717) is 39.0 Å². The average Bonchev–Trinajstić information content (AvgIpc) is 3.27. The fraction of sp³-hybridized carbons (Fsp3) is 0.0385. The Labute approximate surface area is 205 Å². The predicted octanol–water partition coefficient (Wildman–Crippen LogP) is 6.44. The van der Waals surface area contributed by atoms with Crippen molar-refractivity contribution in [3.05, 3.63) is 89.4 Å². The fourth-order valence-corrected chi connectivity index (χ4v) is 4.11. The molecular formula is C26H18ClN3O3S. The standard InChI is InChI=1S/C26H18ClN3O3S/c1-32-17-11-8-15(9-12-17)24(31)30-26(34)28-16-10-13-23-22(14-16)29-25(33-23)20-6-2-5-19-18(20)4-3-7-21(19)27/h2-14H,1H3,(H2,28,30,31,34). The number of nitrogens with zero attached hydrogens (tertiary/aromatic N) is 1. The van der Waals surface area contributed by atoms with Gasteiger partial charge in [0.05, 0.1) is 7.11 Å². The number of rotatable bonds is 4. The van der Waals surface area contributed by atoms with Gasteiger partial charge in [0.2, 0.25) is 5.89 Å². The van der Waals surface area contributed by atoms with E-state index in [2.05, 4.69) is 15.6 Å². The zero-order valence-corrected chi connectivity index (χ0v) is 19.5. The van der Waals surface area contributed by atoms with Crippen molar-refractivity contribution < 1.29 is 13.9 Å². The van der Waals surface area contributed by atoms with Crippen LogP contribution in [0, 0.1) is 0 Å². The SMILES string of the molecule is COc1ccc(C(=O)NC(=S)Nc2ccc3oc(-c4cccc5c(Cl)cccc45)nc3c2)cc1. The molecule has 6 nitrogen and oxygen atoms in total. The number of oxazole rings is 1. The van der Waals surface area contributed by atoms with Crippen LogP contribution in [-0.2, 0) is 0 Å². The van der Waals surface area contributed by atoms with Gasteiger partial charge in [-0.2, -0.15) is 0 Å². The highest BCUT2D eigenvalue weighted by Crippen LogP contribution is 2.33. The number of thiocarbonyl (C=S) groups is 1. The summed E-state index contributed by atoms with van der Waals surface area (Å²) in [5.41, 5.74) is 3.29. The number of anilines is 1. The second kappa shape index (κ2) is 9.13. The van der Waals surface area contributed by atoms with Gasteiger partial charge in [-0.1, -0.05) is 35.9 Å². The molecule has 0 aliphatic heterocycles. The summed E-state index contributed by atoms with van der Waals surface area (Å²) in [5, 5.41) is 8.43. The van der Waals surface area contributed by atoms with Crippen molar-refractivity contribution in [2.75, 3.05) is 12.4 Å². The second-order valence-electron chi connectivity index (χ2n) is 7.48. The maximum Gasteiger partial charge on any atom is 0.257 e. The average molecular weight is 488 g/mol. The monoisotopic (exact) mass is 487 g/mol. The second-order valence-corrected chi connectivity index (χ2v) is 8.29. The van der Waals surface area contributed by atoms with Crippen molar-refractivity contribution in [1.82, 2.24) is 10.3 Å². The van der Waals surface area contributed by atoms with Crippen LogP contribution in [0.2, 0.25) is 5.02 Å². The van der Waals surface area contributed by atoms with Crippen LogP contribution in [0.3, 0.4) is 0 Å². The van der Waals surface area contributed by atoms with Crippen LogP contribution in [0.1, 0.15) is 10.4 Å². The number of nitrogens with one attached hydrogen (secondary N) is 2. The van der Waals surface area contributed by atoms with Crippen molar-refractivity contribution in [2.24, 2.45) is 0 Å². The highest BCUT2D eigenvalue weighted by molar-refractivity contribution is 7.80. The minimum absolute atomic E-state index is 0.174. The number of fused-ring (bicyclic) bond motifs is 2. The molecule has 0 saturated heterocycles. The van der Waals surface area contributed by atoms with Gasteiger partial charge in [0.25, 0.3) is 5.91 Å². The molecule has 2 N–H and O–H groups in total. The first-order valence-corrected chi connectivity index (χ1v) is 11.1. The molecule has 1 amide bonds. The lowest BCUT2D eigenvalue weighted by atomic mass is 10.0. The van der Waals surface area contributed by atoms with E-state index in [4.69, 9.17) is 33.0 Å². The maximum absolute atomic E-state index is 12.4. The number of hydrogen-bond donors (Lipinski definition) is 2. The summed E-state index contributed by atoms with van der Waals surface area (Å²) in [4.78, 5) is 17.1. The number of carbonyl (C=O) groups is 1. The predicted molar refractivity (Wildman–Crippen MR) is 139 cm³/mol. The minimum Gasteiger partial charge on any atom is -0.497 e. The summed E-state index contributed by atoms with van der Waals surface area (Å²) in [7, 11) is 1.57. The third-order valence-electron chi connectivity index (χ3n) is 5.32. The summed E-state index contributed by atoms with van der Waals surface area (Å²) in [5.74, 6) is 0.846. The number of methoxy groups -OCH3 is 1. The number of benzene rings is 4. The van der Waals surface area contributed by atoms with Crippen molar-refractivity contribution in [3.63, 3.8) is 0 Å². The van der Waals surface area contributed by atoms with E-state index in [1.165, 1.54) is 0 Å². The van der Waals surface area contributed by atoms with Gasteiger partial charge < -0.3 is 14.5 Å². The largest absolute Gasteiger partial charge is 0.497 e. The fourth-order valence-electron chi connectivity index (χ4n) is 3.66. The number of amides is 1. The topological polar surface area (TPSA) is 76.4 Å². The molecule has 0 aliphatic rings. The third-order valence-corrected chi connectivity index (χ3v) is 5.86. The van der Waals surface area contributed by atoms with Gasteiger partial charge in [-0.15, -0.1) is 0 Å². The zero-order chi connectivity index (χ0) is 23.7. The smallest absolute Gasteiger partial charge is 0.257 e. The molecule has 34 heavy (non-hydrogen) atoms. The van der Waals surface area contributed by atoms with Crippen LogP contribution in [0.15, 0.2) is 83.3 Å². The van der Waals surface area contributed by atoms with Crippen LogP contribution >= 0.6 is 23.8 Å². The molecule has 1 heterocycles. The first kappa shape index (κ1) is 21.9. The molecule has 1 aromatic heterocycles. The van der Waals surface area contributed by atoms with E-state index < -0.39 is 0 Å². The highest BCUT2D eigenvalue weighted by Gasteiger charge is 2.14. The molecule has 5 rings (SSSR count). The Morgan fingerprint density at radius 1 is 1.00 bits per heavy atom. The molecule has 0 saturated carbocycles. The quantitative estimate of drug-likeness (QED) is 0.284. The summed E-state index contributed by atoms with van der Waals surface area (Å²) < 4.78 is 11.1. The molecule has 5 aromatic rings. The van der Waals surface area contributed by atoms with E-state index >= 15 is 0 Å². The van der Waals surface area contributed by atoms with Crippen LogP contribution in [0.5, 0.6) is 5.75 Å². The van der Waals surface area contributed by atoms with E-state index in [9.17, 15) is 4.79 Å². The molecule has 0 spiro atoms. The lowest BCUT2D eigenvalue weighted by molar-refractivity contribution is 0.0977. The Bertz CT molecular complexity index is 1550. The van der Waals surface area contributed by atoms with Crippen molar-refractivity contribution in [1.29, 1.82) is 0 Å². The normalized spacial score (nSPS) is 10.9. The van der Waals surface area contributed by atoms with Crippen molar-refractivity contribution >= 4 is 62.4 Å². The number of aromatic nitrogens is 1. The van der Waals surface area contributed by atoms with Crippen LogP contribution in [-0.4, -0.2) is 23.1 Å².